The molecule has 4 aliphatic rings. The van der Waals surface area contributed by atoms with E-state index in [0.29, 0.717) is 16.0 Å². The lowest BCUT2D eigenvalue weighted by Crippen LogP contribution is -2.53. The van der Waals surface area contributed by atoms with Crippen molar-refractivity contribution in [2.24, 2.45) is 23.7 Å². The molecule has 7 rings (SSSR count). The van der Waals surface area contributed by atoms with E-state index >= 15 is 4.79 Å². The largest absolute Gasteiger partial charge is 0.573 e. The van der Waals surface area contributed by atoms with Crippen LogP contribution in [0.2, 0.25) is 5.02 Å². The molecular formula is C35H26ClF3N2O8. The van der Waals surface area contributed by atoms with Gasteiger partial charge in [0, 0.05) is 16.5 Å². The summed E-state index contributed by atoms with van der Waals surface area (Å²) < 4.78 is 49.3. The van der Waals surface area contributed by atoms with Crippen LogP contribution in [0.25, 0.3) is 0 Å². The molecule has 5 amide bonds. The summed E-state index contributed by atoms with van der Waals surface area (Å²) in [7, 11) is 1.02. The predicted molar refractivity (Wildman–Crippen MR) is 165 cm³/mol. The van der Waals surface area contributed by atoms with Crippen molar-refractivity contribution in [1.29, 1.82) is 0 Å². The second-order valence-electron chi connectivity index (χ2n) is 12.3. The number of likely N-dealkylation sites (tertiary alicyclic amines) is 1. The van der Waals surface area contributed by atoms with Gasteiger partial charge < -0.3 is 14.6 Å². The highest BCUT2D eigenvalue weighted by molar-refractivity contribution is 6.32. The molecule has 1 saturated carbocycles. The summed E-state index contributed by atoms with van der Waals surface area (Å²) in [6, 6.07) is 17.1. The summed E-state index contributed by atoms with van der Waals surface area (Å²) in [6.07, 6.45) is -4.87. The fourth-order valence-corrected chi connectivity index (χ4v) is 8.50. The number of methoxy groups -OCH3 is 1. The van der Waals surface area contributed by atoms with Gasteiger partial charge in [-0.3, -0.25) is 19.2 Å². The van der Waals surface area contributed by atoms with E-state index in [2.05, 4.69) is 4.74 Å². The van der Waals surface area contributed by atoms with Crippen molar-refractivity contribution in [1.82, 2.24) is 4.90 Å². The average molecular weight is 695 g/mol. The molecule has 2 heterocycles. The van der Waals surface area contributed by atoms with E-state index in [9.17, 15) is 37.5 Å². The SMILES string of the molecule is COC(=O)N1C(=O)C2CC=C3C(CC4C(=O)N(c5cccc(Cl)c5)C(=O)C4(c4ccccc4)C3c3cc(OC(F)(F)F)ccc3O)C2C1=O. The molecule has 0 radical (unpaired) electrons. The Morgan fingerprint density at radius 2 is 1.67 bits per heavy atom. The van der Waals surface area contributed by atoms with E-state index < -0.39 is 82.6 Å². The molecule has 6 atom stereocenters. The van der Waals surface area contributed by atoms with E-state index in [1.165, 1.54) is 12.1 Å². The highest BCUT2D eigenvalue weighted by atomic mass is 35.5. The van der Waals surface area contributed by atoms with Crippen LogP contribution in [0.4, 0.5) is 23.7 Å². The van der Waals surface area contributed by atoms with Gasteiger partial charge in [-0.2, -0.15) is 4.90 Å². The highest BCUT2D eigenvalue weighted by Gasteiger charge is 2.70. The molecule has 0 spiro atoms. The second-order valence-corrected chi connectivity index (χ2v) is 12.8. The Bertz CT molecular complexity index is 1970. The van der Waals surface area contributed by atoms with Crippen molar-refractivity contribution in [2.45, 2.75) is 30.5 Å². The number of amides is 5. The number of rotatable bonds is 4. The lowest BCUT2D eigenvalue weighted by Gasteiger charge is -2.50. The van der Waals surface area contributed by atoms with Crippen LogP contribution in [-0.2, 0) is 29.3 Å². The molecule has 49 heavy (non-hydrogen) atoms. The van der Waals surface area contributed by atoms with Crippen LogP contribution < -0.4 is 9.64 Å². The lowest BCUT2D eigenvalue weighted by molar-refractivity contribution is -0.274. The second kappa shape index (κ2) is 11.5. The first-order chi connectivity index (χ1) is 23.3. The number of alkyl halides is 3. The summed E-state index contributed by atoms with van der Waals surface area (Å²) in [5, 5.41) is 11.6. The highest BCUT2D eigenvalue weighted by Crippen LogP contribution is 2.65. The molecule has 0 bridgehead atoms. The number of benzene rings is 3. The summed E-state index contributed by atoms with van der Waals surface area (Å²) >= 11 is 6.27. The van der Waals surface area contributed by atoms with Crippen molar-refractivity contribution in [2.75, 3.05) is 12.0 Å². The van der Waals surface area contributed by atoms with E-state index in [-0.39, 0.29) is 29.1 Å². The third kappa shape index (κ3) is 4.81. The fraction of sp³-hybridized carbons (Fsp3) is 0.286. The molecule has 2 aliphatic carbocycles. The first-order valence-electron chi connectivity index (χ1n) is 15.2. The molecule has 3 aromatic carbocycles. The topological polar surface area (TPSA) is 131 Å². The third-order valence-corrected chi connectivity index (χ3v) is 10.3. The fourth-order valence-electron chi connectivity index (χ4n) is 8.32. The summed E-state index contributed by atoms with van der Waals surface area (Å²) in [5.41, 5.74) is -1.20. The van der Waals surface area contributed by atoms with Gasteiger partial charge in [0.05, 0.1) is 36.0 Å². The van der Waals surface area contributed by atoms with E-state index in [4.69, 9.17) is 16.3 Å². The number of hydrogen-bond acceptors (Lipinski definition) is 8. The van der Waals surface area contributed by atoms with Crippen molar-refractivity contribution >= 4 is 47.0 Å². The van der Waals surface area contributed by atoms with Crippen molar-refractivity contribution in [3.05, 3.63) is 101 Å². The Morgan fingerprint density at radius 3 is 2.35 bits per heavy atom. The Labute approximate surface area is 281 Å². The minimum Gasteiger partial charge on any atom is -0.508 e. The summed E-state index contributed by atoms with van der Waals surface area (Å²) in [4.78, 5) is 71.0. The molecular weight excluding hydrogens is 669 g/mol. The first kappa shape index (κ1) is 32.4. The van der Waals surface area contributed by atoms with Gasteiger partial charge in [-0.1, -0.05) is 59.6 Å². The number of carbonyl (C=O) groups is 5. The van der Waals surface area contributed by atoms with Gasteiger partial charge in [-0.05, 0) is 60.7 Å². The Hall–Kier alpha value is -5.17. The maximum absolute atomic E-state index is 15.1. The van der Waals surface area contributed by atoms with Crippen LogP contribution >= 0.6 is 11.6 Å². The molecule has 3 fully saturated rings. The number of fused-ring (bicyclic) bond motifs is 4. The van der Waals surface area contributed by atoms with Gasteiger partial charge in [0.15, 0.2) is 0 Å². The monoisotopic (exact) mass is 694 g/mol. The number of aromatic hydroxyl groups is 1. The standard InChI is InChI=1S/C35H26ClF3N2O8/c1-48-33(47)41-29(43)22-12-11-21-23(27(22)31(41)45)16-25-30(44)40(19-9-5-8-18(36)14-19)32(46)34(25,17-6-3-2-4-7-17)28(21)24-15-20(10-13-26(24)42)49-35(37,38)39/h2-11,13-15,22-23,25,27-28,42H,12,16H2,1H3. The number of carbonyl (C=O) groups excluding carboxylic acids is 5. The van der Waals surface area contributed by atoms with Crippen molar-refractivity contribution in [3.8, 4) is 11.5 Å². The van der Waals surface area contributed by atoms with Crippen molar-refractivity contribution in [3.63, 3.8) is 0 Å². The lowest BCUT2D eigenvalue weighted by atomic mass is 9.49. The first-order valence-corrected chi connectivity index (χ1v) is 15.6. The van der Waals surface area contributed by atoms with Gasteiger partial charge in [0.25, 0.3) is 0 Å². The Kier molecular flexibility index (Phi) is 7.58. The maximum Gasteiger partial charge on any atom is 0.573 e. The number of imide groups is 4. The van der Waals surface area contributed by atoms with Crippen LogP contribution in [-0.4, -0.2) is 53.2 Å². The smallest absolute Gasteiger partial charge is 0.508 e. The molecule has 1 N–H and O–H groups in total. The van der Waals surface area contributed by atoms with E-state index in [0.717, 1.165) is 30.2 Å². The summed E-state index contributed by atoms with van der Waals surface area (Å²) in [5.74, 6) is -9.94. The van der Waals surface area contributed by atoms with Gasteiger partial charge in [-0.25, -0.2) is 9.69 Å². The molecule has 252 valence electrons. The van der Waals surface area contributed by atoms with Gasteiger partial charge in [-0.15, -0.1) is 13.2 Å². The number of hydrogen-bond donors (Lipinski definition) is 1. The van der Waals surface area contributed by atoms with Crippen LogP contribution in [0, 0.1) is 23.7 Å². The molecule has 10 nitrogen and oxygen atoms in total. The maximum atomic E-state index is 15.1. The van der Waals surface area contributed by atoms with Crippen LogP contribution in [0.5, 0.6) is 11.5 Å². The summed E-state index contributed by atoms with van der Waals surface area (Å²) in [6.45, 7) is 0. The van der Waals surface area contributed by atoms with Gasteiger partial charge >= 0.3 is 12.5 Å². The number of phenolic OH excluding ortho intramolecular Hbond substituents is 1. The molecule has 3 aromatic rings. The number of ether oxygens (including phenoxy) is 2. The minimum absolute atomic E-state index is 0.0692. The van der Waals surface area contributed by atoms with Crippen molar-refractivity contribution < 1.29 is 51.7 Å². The normalized spacial score (nSPS) is 27.8. The van der Waals surface area contributed by atoms with E-state index in [1.807, 2.05) is 0 Å². The van der Waals surface area contributed by atoms with Gasteiger partial charge in [0.2, 0.25) is 23.6 Å². The zero-order valence-corrected chi connectivity index (χ0v) is 26.3. The van der Waals surface area contributed by atoms with Crippen LogP contribution in [0.1, 0.15) is 29.9 Å². The zero-order valence-electron chi connectivity index (χ0n) is 25.5. The van der Waals surface area contributed by atoms with Crippen LogP contribution in [0.15, 0.2) is 84.4 Å². The Balaban J connectivity index is 1.51. The zero-order chi connectivity index (χ0) is 35.0. The third-order valence-electron chi connectivity index (χ3n) is 10.1. The number of nitrogens with zero attached hydrogens (tertiary/aromatic N) is 2. The molecule has 0 aromatic heterocycles. The quantitative estimate of drug-likeness (QED) is 0.265. The van der Waals surface area contributed by atoms with Crippen LogP contribution in [0.3, 0.4) is 0 Å². The van der Waals surface area contributed by atoms with Gasteiger partial charge in [0.1, 0.15) is 11.5 Å². The number of allylic oxidation sites excluding steroid dienone is 2. The average Bonchev–Trinajstić information content (AvgIpc) is 3.45. The number of halogens is 4. The van der Waals surface area contributed by atoms with E-state index in [1.54, 1.807) is 48.5 Å². The molecule has 2 aliphatic heterocycles. The number of phenols is 1. The Morgan fingerprint density at radius 1 is 0.939 bits per heavy atom. The predicted octanol–water partition coefficient (Wildman–Crippen LogP) is 5.87. The molecule has 14 heteroatoms. The molecule has 6 unspecified atom stereocenters. The minimum atomic E-state index is -5.10. The number of anilines is 1. The molecule has 2 saturated heterocycles.